The number of rotatable bonds is 62. The fourth-order valence-corrected chi connectivity index (χ4v) is 10.1. The minimum atomic E-state index is -0.765. The lowest BCUT2D eigenvalue weighted by atomic mass is 10.0. The number of hydrogen-bond donors (Lipinski definition) is 0. The van der Waals surface area contributed by atoms with E-state index in [2.05, 4.69) is 69.4 Å². The number of ether oxygens (including phenoxy) is 3. The lowest BCUT2D eigenvalue weighted by molar-refractivity contribution is -0.167. The van der Waals surface area contributed by atoms with Gasteiger partial charge >= 0.3 is 17.9 Å². The molecule has 0 spiro atoms. The highest BCUT2D eigenvalue weighted by molar-refractivity contribution is 5.71. The third kappa shape index (κ3) is 62.2. The number of carbonyl (C=O) groups excluding carboxylic acids is 3. The van der Waals surface area contributed by atoms with Crippen LogP contribution in [0.3, 0.4) is 0 Å². The highest BCUT2D eigenvalue weighted by Gasteiger charge is 2.19. The van der Waals surface area contributed by atoms with Gasteiger partial charge < -0.3 is 14.2 Å². The summed E-state index contributed by atoms with van der Waals surface area (Å²) in [5, 5.41) is 0. The van der Waals surface area contributed by atoms with Gasteiger partial charge in [-0.1, -0.05) is 333 Å². The van der Waals surface area contributed by atoms with Crippen molar-refractivity contribution in [1.82, 2.24) is 0 Å². The van der Waals surface area contributed by atoms with Crippen LogP contribution in [0.4, 0.5) is 0 Å². The molecule has 6 heteroatoms. The van der Waals surface area contributed by atoms with E-state index in [0.717, 1.165) is 83.5 Å². The molecule has 0 N–H and O–H groups in total. The van der Waals surface area contributed by atoms with E-state index in [1.807, 2.05) is 0 Å². The highest BCUT2D eigenvalue weighted by Crippen LogP contribution is 2.18. The van der Waals surface area contributed by atoms with Gasteiger partial charge in [-0.25, -0.2) is 0 Å². The Morgan fingerprint density at radius 1 is 0.276 bits per heavy atom. The summed E-state index contributed by atoms with van der Waals surface area (Å²) in [5.74, 6) is -0.847. The number of hydrogen-bond acceptors (Lipinski definition) is 6. The maximum atomic E-state index is 12.9. The van der Waals surface area contributed by atoms with Gasteiger partial charge in [0.2, 0.25) is 0 Å². The first kappa shape index (κ1) is 73.4. The molecule has 0 aliphatic rings. The van der Waals surface area contributed by atoms with E-state index < -0.39 is 6.10 Å². The first-order chi connectivity index (χ1) is 37.5. The van der Waals surface area contributed by atoms with Crippen LogP contribution in [0.5, 0.6) is 0 Å². The highest BCUT2D eigenvalue weighted by atomic mass is 16.6. The fourth-order valence-electron chi connectivity index (χ4n) is 10.1. The van der Waals surface area contributed by atoms with Crippen LogP contribution in [0.15, 0.2) is 48.6 Å². The molecule has 0 aliphatic carbocycles. The predicted octanol–water partition coefficient (Wildman–Crippen LogP) is 22.9. The van der Waals surface area contributed by atoms with Crippen LogP contribution in [-0.4, -0.2) is 37.2 Å². The SMILES string of the molecule is CC/C=C\C/C=C\C/C=C\C/C=C\CCCCCCCCCCCCCCCCCCCCCCC(=O)OCC(COC(=O)CCCCCCCCC)OC(=O)CCCCCCCCCCCCCCCCCCCC. The Kier molecular flexibility index (Phi) is 62.6. The topological polar surface area (TPSA) is 78.9 Å². The molecule has 0 aromatic heterocycles. The summed E-state index contributed by atoms with van der Waals surface area (Å²) in [4.78, 5) is 38.1. The minimum absolute atomic E-state index is 0.0658. The Labute approximate surface area is 473 Å². The zero-order chi connectivity index (χ0) is 55.0. The van der Waals surface area contributed by atoms with Crippen LogP contribution >= 0.6 is 0 Å². The molecule has 0 rings (SSSR count). The largest absolute Gasteiger partial charge is 0.462 e. The van der Waals surface area contributed by atoms with Gasteiger partial charge in [0.1, 0.15) is 13.2 Å². The first-order valence-electron chi connectivity index (χ1n) is 33.6. The molecule has 1 unspecified atom stereocenters. The Hall–Kier alpha value is -2.63. The van der Waals surface area contributed by atoms with Gasteiger partial charge in [0.15, 0.2) is 6.10 Å². The van der Waals surface area contributed by atoms with Crippen molar-refractivity contribution in [2.45, 2.75) is 367 Å². The Morgan fingerprint density at radius 3 is 0.803 bits per heavy atom. The standard InChI is InChI=1S/C70H128O6/c1-4-7-10-13-16-18-20-22-24-26-28-29-30-31-32-33-34-35-36-37-38-39-40-41-42-44-45-47-49-51-54-57-60-63-69(72)75-66-67(65-74-68(71)62-59-56-53-15-12-9-6-3)76-70(73)64-61-58-55-52-50-48-46-43-27-25-23-21-19-17-14-11-8-5-2/h7,10,16,18,22,24,28-29,67H,4-6,8-9,11-15,17,19-21,23,25-27,30-66H2,1-3H3/b10-7-,18-16-,24-22-,29-28-. The monoisotopic (exact) mass is 1060 g/mol. The molecule has 0 aliphatic heterocycles. The molecule has 0 bridgehead atoms. The molecule has 76 heavy (non-hydrogen) atoms. The van der Waals surface area contributed by atoms with Crippen molar-refractivity contribution >= 4 is 17.9 Å². The average molecular weight is 1070 g/mol. The molecule has 444 valence electrons. The number of carbonyl (C=O) groups is 3. The van der Waals surface area contributed by atoms with Gasteiger partial charge in [0.05, 0.1) is 0 Å². The fraction of sp³-hybridized carbons (Fsp3) is 0.843. The summed E-state index contributed by atoms with van der Waals surface area (Å²) in [6.45, 7) is 6.54. The van der Waals surface area contributed by atoms with Crippen LogP contribution in [-0.2, 0) is 28.6 Å². The van der Waals surface area contributed by atoms with Crippen molar-refractivity contribution in [2.24, 2.45) is 0 Å². The van der Waals surface area contributed by atoms with Crippen LogP contribution in [0, 0.1) is 0 Å². The zero-order valence-corrected chi connectivity index (χ0v) is 51.0. The quantitative estimate of drug-likeness (QED) is 0.0261. The Morgan fingerprint density at radius 2 is 0.513 bits per heavy atom. The molecule has 0 saturated carbocycles. The predicted molar refractivity (Wildman–Crippen MR) is 330 cm³/mol. The van der Waals surface area contributed by atoms with Gasteiger partial charge in [-0.05, 0) is 57.8 Å². The molecular weight excluding hydrogens is 937 g/mol. The van der Waals surface area contributed by atoms with Crippen LogP contribution in [0.1, 0.15) is 361 Å². The molecule has 6 nitrogen and oxygen atoms in total. The summed E-state index contributed by atoms with van der Waals surface area (Å²) in [6, 6.07) is 0. The van der Waals surface area contributed by atoms with Crippen LogP contribution < -0.4 is 0 Å². The molecule has 0 aromatic carbocycles. The summed E-state index contributed by atoms with van der Waals surface area (Å²) < 4.78 is 16.9. The summed E-state index contributed by atoms with van der Waals surface area (Å²) >= 11 is 0. The molecule has 1 atom stereocenters. The van der Waals surface area contributed by atoms with Crippen LogP contribution in [0.25, 0.3) is 0 Å². The third-order valence-electron chi connectivity index (χ3n) is 15.1. The lowest BCUT2D eigenvalue weighted by Crippen LogP contribution is -2.30. The molecule has 0 fully saturated rings. The lowest BCUT2D eigenvalue weighted by Gasteiger charge is -2.18. The molecule has 0 amide bonds. The number of esters is 3. The Balaban J connectivity index is 3.97. The maximum absolute atomic E-state index is 12.9. The number of allylic oxidation sites excluding steroid dienone is 8. The smallest absolute Gasteiger partial charge is 0.306 e. The molecule has 0 heterocycles. The summed E-state index contributed by atoms with van der Waals surface area (Å²) in [5.41, 5.74) is 0. The van der Waals surface area contributed by atoms with Gasteiger partial charge in [-0.3, -0.25) is 14.4 Å². The van der Waals surface area contributed by atoms with E-state index in [1.54, 1.807) is 0 Å². The van der Waals surface area contributed by atoms with E-state index in [4.69, 9.17) is 14.2 Å². The Bertz CT molecular complexity index is 1310. The molecule has 0 radical (unpaired) electrons. The summed E-state index contributed by atoms with van der Waals surface area (Å²) in [6.07, 6.45) is 81.7. The minimum Gasteiger partial charge on any atom is -0.462 e. The average Bonchev–Trinajstić information content (AvgIpc) is 3.42. The van der Waals surface area contributed by atoms with Gasteiger partial charge in [0.25, 0.3) is 0 Å². The van der Waals surface area contributed by atoms with Crippen LogP contribution in [0.2, 0.25) is 0 Å². The van der Waals surface area contributed by atoms with Gasteiger partial charge in [-0.15, -0.1) is 0 Å². The van der Waals surface area contributed by atoms with Gasteiger partial charge in [0, 0.05) is 19.3 Å². The van der Waals surface area contributed by atoms with Crippen molar-refractivity contribution in [3.63, 3.8) is 0 Å². The number of unbranched alkanes of at least 4 members (excludes halogenated alkanes) is 43. The van der Waals surface area contributed by atoms with E-state index in [-0.39, 0.29) is 31.1 Å². The second-order valence-electron chi connectivity index (χ2n) is 22.7. The van der Waals surface area contributed by atoms with Crippen molar-refractivity contribution in [1.29, 1.82) is 0 Å². The molecule has 0 aromatic rings. The van der Waals surface area contributed by atoms with Crippen molar-refractivity contribution < 1.29 is 28.6 Å². The first-order valence-corrected chi connectivity index (χ1v) is 33.6. The van der Waals surface area contributed by atoms with Gasteiger partial charge in [-0.2, -0.15) is 0 Å². The molecular formula is C70H128O6. The normalized spacial score (nSPS) is 12.3. The van der Waals surface area contributed by atoms with Crippen molar-refractivity contribution in [2.75, 3.05) is 13.2 Å². The van der Waals surface area contributed by atoms with E-state index in [1.165, 1.54) is 238 Å². The molecule has 0 saturated heterocycles. The third-order valence-corrected chi connectivity index (χ3v) is 15.1. The second kappa shape index (κ2) is 64.9. The summed E-state index contributed by atoms with van der Waals surface area (Å²) in [7, 11) is 0. The second-order valence-corrected chi connectivity index (χ2v) is 22.7. The maximum Gasteiger partial charge on any atom is 0.306 e. The van der Waals surface area contributed by atoms with Crippen molar-refractivity contribution in [3.8, 4) is 0 Å². The van der Waals surface area contributed by atoms with E-state index >= 15 is 0 Å². The zero-order valence-electron chi connectivity index (χ0n) is 51.0. The van der Waals surface area contributed by atoms with Crippen molar-refractivity contribution in [3.05, 3.63) is 48.6 Å². The van der Waals surface area contributed by atoms with E-state index in [9.17, 15) is 14.4 Å². The van der Waals surface area contributed by atoms with E-state index in [0.29, 0.717) is 19.3 Å².